The standard InChI is InChI=1S/C20H21NO/c1-19(2)11-16-15-10-9-13-7-5-6-8-14(13)17(15)21(22)18(16)20(3,4)12-19/h5-11H,12H2,1-4H3. The molecule has 112 valence electrons. The van der Waals surface area contributed by atoms with Crippen LogP contribution in [0.2, 0.25) is 0 Å². The van der Waals surface area contributed by atoms with Crippen LogP contribution in [0, 0.1) is 16.0 Å². The van der Waals surface area contributed by atoms with Crippen LogP contribution in [-0.4, -0.2) is 10.5 Å². The molecular formula is C20H21NO. The van der Waals surface area contributed by atoms with Crippen LogP contribution >= 0.6 is 0 Å². The van der Waals surface area contributed by atoms with Gasteiger partial charge in [-0.3, -0.25) is 0 Å². The molecule has 2 nitrogen and oxygen atoms in total. The van der Waals surface area contributed by atoms with Crippen molar-refractivity contribution in [2.24, 2.45) is 10.8 Å². The predicted molar refractivity (Wildman–Crippen MR) is 92.4 cm³/mol. The molecule has 1 heterocycles. The third-order valence-corrected chi connectivity index (χ3v) is 4.93. The first-order valence-electron chi connectivity index (χ1n) is 7.90. The molecule has 0 radical (unpaired) electrons. The van der Waals surface area contributed by atoms with E-state index < -0.39 is 0 Å². The Balaban J connectivity index is 2.12. The maximum absolute atomic E-state index is 13.1. The van der Waals surface area contributed by atoms with Crippen LogP contribution in [0.15, 0.2) is 42.5 Å². The summed E-state index contributed by atoms with van der Waals surface area (Å²) in [5.74, 6) is 0. The summed E-state index contributed by atoms with van der Waals surface area (Å²) < 4.78 is 1.19. The van der Waals surface area contributed by atoms with Crippen molar-refractivity contribution in [2.45, 2.75) is 34.1 Å². The Labute approximate surface area is 131 Å². The Morgan fingerprint density at radius 3 is 2.50 bits per heavy atom. The second kappa shape index (κ2) is 4.01. The second-order valence-electron chi connectivity index (χ2n) is 7.93. The zero-order valence-electron chi connectivity index (χ0n) is 13.6. The lowest BCUT2D eigenvalue weighted by molar-refractivity contribution is -0.359. The summed E-state index contributed by atoms with van der Waals surface area (Å²) >= 11 is 0. The molecular weight excluding hydrogens is 270 g/mol. The molecule has 2 aromatic rings. The molecule has 1 aliphatic carbocycles. The fraction of sp³-hybridized carbons (Fsp3) is 0.350. The Morgan fingerprint density at radius 2 is 1.73 bits per heavy atom. The molecule has 2 aliphatic rings. The van der Waals surface area contributed by atoms with E-state index in [1.54, 1.807) is 0 Å². The molecule has 0 saturated heterocycles. The van der Waals surface area contributed by atoms with Crippen molar-refractivity contribution in [2.75, 3.05) is 0 Å². The van der Waals surface area contributed by atoms with Crippen LogP contribution in [-0.2, 0) is 0 Å². The van der Waals surface area contributed by atoms with Crippen molar-refractivity contribution in [3.63, 3.8) is 0 Å². The molecule has 0 aromatic heterocycles. The van der Waals surface area contributed by atoms with Gasteiger partial charge in [0.2, 0.25) is 11.4 Å². The van der Waals surface area contributed by atoms with E-state index in [1.807, 2.05) is 12.1 Å². The normalized spacial score (nSPS) is 21.5. The molecule has 0 fully saturated rings. The summed E-state index contributed by atoms with van der Waals surface area (Å²) in [5.41, 5.74) is 3.97. The summed E-state index contributed by atoms with van der Waals surface area (Å²) in [6.07, 6.45) is 3.28. The highest BCUT2D eigenvalue weighted by Crippen LogP contribution is 2.51. The zero-order valence-corrected chi connectivity index (χ0v) is 13.6. The molecule has 0 spiro atoms. The summed E-state index contributed by atoms with van der Waals surface area (Å²) in [7, 11) is 0. The van der Waals surface area contributed by atoms with Gasteiger partial charge in [0.25, 0.3) is 0 Å². The molecule has 0 saturated carbocycles. The maximum atomic E-state index is 13.1. The van der Waals surface area contributed by atoms with Crippen LogP contribution in [0.1, 0.15) is 39.7 Å². The molecule has 4 rings (SSSR count). The molecule has 0 bridgehead atoms. The van der Waals surface area contributed by atoms with Crippen LogP contribution in [0.5, 0.6) is 0 Å². The molecule has 0 atom stereocenters. The minimum Gasteiger partial charge on any atom is -0.618 e. The summed E-state index contributed by atoms with van der Waals surface area (Å²) in [4.78, 5) is 0. The molecule has 2 heteroatoms. The topological polar surface area (TPSA) is 26.1 Å². The summed E-state index contributed by atoms with van der Waals surface area (Å²) in [5, 5.41) is 15.3. The fourth-order valence-corrected chi connectivity index (χ4v) is 4.49. The van der Waals surface area contributed by atoms with E-state index in [0.29, 0.717) is 0 Å². The minimum atomic E-state index is -0.116. The number of hydrogen-bond donors (Lipinski definition) is 0. The van der Waals surface area contributed by atoms with Gasteiger partial charge in [-0.1, -0.05) is 44.2 Å². The van der Waals surface area contributed by atoms with Crippen molar-refractivity contribution < 1.29 is 4.74 Å². The van der Waals surface area contributed by atoms with Crippen LogP contribution in [0.4, 0.5) is 5.69 Å². The maximum Gasteiger partial charge on any atom is 0.232 e. The van der Waals surface area contributed by atoms with E-state index in [-0.39, 0.29) is 10.8 Å². The minimum absolute atomic E-state index is 0.108. The quantitative estimate of drug-likeness (QED) is 0.479. The Morgan fingerprint density at radius 1 is 1.00 bits per heavy atom. The van der Waals surface area contributed by atoms with Gasteiger partial charge in [0, 0.05) is 0 Å². The van der Waals surface area contributed by atoms with Gasteiger partial charge in [0.05, 0.1) is 21.9 Å². The number of benzene rings is 2. The first kappa shape index (κ1) is 13.6. The average molecular weight is 291 g/mol. The van der Waals surface area contributed by atoms with Gasteiger partial charge in [-0.2, -0.15) is 4.74 Å². The number of nitrogens with zero attached hydrogens (tertiary/aromatic N) is 1. The van der Waals surface area contributed by atoms with Crippen molar-refractivity contribution >= 4 is 27.7 Å². The van der Waals surface area contributed by atoms with Gasteiger partial charge in [0.1, 0.15) is 0 Å². The second-order valence-corrected chi connectivity index (χ2v) is 7.93. The Bertz CT molecular complexity index is 868. The molecule has 2 aromatic carbocycles. The van der Waals surface area contributed by atoms with E-state index in [2.05, 4.69) is 58.0 Å². The van der Waals surface area contributed by atoms with E-state index in [0.717, 1.165) is 39.7 Å². The predicted octanol–water partition coefficient (Wildman–Crippen LogP) is 5.28. The van der Waals surface area contributed by atoms with Crippen LogP contribution in [0.25, 0.3) is 16.3 Å². The van der Waals surface area contributed by atoms with Crippen LogP contribution < -0.4 is 0 Å². The van der Waals surface area contributed by atoms with Gasteiger partial charge >= 0.3 is 0 Å². The van der Waals surface area contributed by atoms with Crippen molar-refractivity contribution in [1.82, 2.24) is 0 Å². The molecule has 0 unspecified atom stereocenters. The monoisotopic (exact) mass is 291 g/mol. The summed E-state index contributed by atoms with van der Waals surface area (Å²) in [6, 6.07) is 12.4. The molecule has 0 N–H and O–H groups in total. The van der Waals surface area contributed by atoms with Crippen molar-refractivity contribution in [3.05, 3.63) is 53.2 Å². The fourth-order valence-electron chi connectivity index (χ4n) is 4.49. The van der Waals surface area contributed by atoms with Crippen molar-refractivity contribution in [1.29, 1.82) is 0 Å². The highest BCUT2D eigenvalue weighted by atomic mass is 16.5. The highest BCUT2D eigenvalue weighted by Gasteiger charge is 2.48. The molecule has 22 heavy (non-hydrogen) atoms. The SMILES string of the molecule is CC1(C)C=C2C(=[N+]([O-])c3c2ccc2ccccc32)C(C)(C)C1. The van der Waals surface area contributed by atoms with Gasteiger partial charge in [0.15, 0.2) is 0 Å². The number of allylic oxidation sites excluding steroid dienone is 2. The van der Waals surface area contributed by atoms with Crippen LogP contribution in [0.3, 0.4) is 0 Å². The van der Waals surface area contributed by atoms with E-state index in [1.165, 1.54) is 4.74 Å². The Kier molecular flexibility index (Phi) is 2.47. The third-order valence-electron chi connectivity index (χ3n) is 4.93. The number of hydrogen-bond acceptors (Lipinski definition) is 1. The third kappa shape index (κ3) is 1.70. The first-order chi connectivity index (χ1) is 10.3. The van der Waals surface area contributed by atoms with E-state index >= 15 is 0 Å². The first-order valence-corrected chi connectivity index (χ1v) is 7.90. The molecule has 1 aliphatic heterocycles. The van der Waals surface area contributed by atoms with Gasteiger partial charge < -0.3 is 5.21 Å². The molecule has 0 amide bonds. The summed E-state index contributed by atoms with van der Waals surface area (Å²) in [6.45, 7) is 8.89. The smallest absolute Gasteiger partial charge is 0.232 e. The van der Waals surface area contributed by atoms with Gasteiger partial charge in [-0.15, -0.1) is 0 Å². The largest absolute Gasteiger partial charge is 0.618 e. The lowest BCUT2D eigenvalue weighted by Crippen LogP contribution is -2.36. The number of rotatable bonds is 0. The highest BCUT2D eigenvalue weighted by molar-refractivity contribution is 6.29. The van der Waals surface area contributed by atoms with Crippen molar-refractivity contribution in [3.8, 4) is 0 Å². The lowest BCUT2D eigenvalue weighted by Gasteiger charge is -2.36. The van der Waals surface area contributed by atoms with Gasteiger partial charge in [-0.25, -0.2) is 0 Å². The van der Waals surface area contributed by atoms with E-state index in [4.69, 9.17) is 0 Å². The number of fused-ring (bicyclic) bond motifs is 5. The van der Waals surface area contributed by atoms with Gasteiger partial charge in [-0.05, 0) is 43.2 Å². The lowest BCUT2D eigenvalue weighted by atomic mass is 9.65. The zero-order chi connectivity index (χ0) is 15.7. The van der Waals surface area contributed by atoms with E-state index in [9.17, 15) is 5.21 Å². The Hall–Kier alpha value is -2.09. The average Bonchev–Trinajstić information content (AvgIpc) is 2.70.